The van der Waals surface area contributed by atoms with E-state index in [1.54, 1.807) is 20.8 Å². The largest absolute Gasteiger partial charge is 0.487 e. The highest BCUT2D eigenvalue weighted by Gasteiger charge is 2.42. The first kappa shape index (κ1) is 22.2. The number of hydrogen-bond acceptors (Lipinski definition) is 4. The number of amides is 1. The summed E-state index contributed by atoms with van der Waals surface area (Å²) >= 11 is 3.55. The molecule has 0 aliphatic carbocycles. The minimum absolute atomic E-state index is 0.157. The van der Waals surface area contributed by atoms with Gasteiger partial charge in [0.25, 0.3) is 0 Å². The second-order valence-corrected chi connectivity index (χ2v) is 9.24. The first-order chi connectivity index (χ1) is 14.1. The second-order valence-electron chi connectivity index (χ2n) is 8.39. The quantitative estimate of drug-likeness (QED) is 0.666. The molecule has 2 unspecified atom stereocenters. The Morgan fingerprint density at radius 1 is 1.13 bits per heavy atom. The Balaban J connectivity index is 1.68. The highest BCUT2D eigenvalue weighted by atomic mass is 79.9. The van der Waals surface area contributed by atoms with E-state index in [9.17, 15) is 14.7 Å². The molecule has 2 aromatic carbocycles. The Hall–Kier alpha value is -2.54. The number of halogens is 1. The Bertz CT molecular complexity index is 910. The molecule has 2 aromatic rings. The average Bonchev–Trinajstić information content (AvgIpc) is 3.08. The zero-order valence-corrected chi connectivity index (χ0v) is 18.9. The van der Waals surface area contributed by atoms with Crippen LogP contribution >= 0.6 is 15.9 Å². The fourth-order valence-corrected chi connectivity index (χ4v) is 3.92. The zero-order valence-electron chi connectivity index (χ0n) is 17.3. The fraction of sp³-hybridized carbons (Fsp3) is 0.391. The molecule has 0 spiro atoms. The monoisotopic (exact) mass is 475 g/mol. The number of benzene rings is 2. The summed E-state index contributed by atoms with van der Waals surface area (Å²) in [4.78, 5) is 25.3. The molecular weight excluding hydrogens is 450 g/mol. The summed E-state index contributed by atoms with van der Waals surface area (Å²) in [7, 11) is 0. The summed E-state index contributed by atoms with van der Waals surface area (Å²) in [5, 5.41) is 9.53. The molecule has 1 N–H and O–H groups in total. The molecule has 30 heavy (non-hydrogen) atoms. The second kappa shape index (κ2) is 9.08. The average molecular weight is 476 g/mol. The van der Waals surface area contributed by atoms with Crippen molar-refractivity contribution in [2.24, 2.45) is 0 Å². The lowest BCUT2D eigenvalue weighted by Gasteiger charge is -2.26. The topological polar surface area (TPSA) is 76.1 Å². The zero-order chi connectivity index (χ0) is 21.9. The van der Waals surface area contributed by atoms with Gasteiger partial charge in [-0.2, -0.15) is 0 Å². The number of carboxylic acid groups (broad SMARTS) is 1. The predicted octanol–water partition coefficient (Wildman–Crippen LogP) is 4.88. The fourth-order valence-electron chi connectivity index (χ4n) is 3.40. The molecule has 0 saturated carbocycles. The van der Waals surface area contributed by atoms with Gasteiger partial charge in [-0.25, -0.2) is 9.59 Å². The maximum atomic E-state index is 12.4. The smallest absolute Gasteiger partial charge is 0.411 e. The Morgan fingerprint density at radius 2 is 1.83 bits per heavy atom. The van der Waals surface area contributed by atoms with Crippen LogP contribution in [0.25, 0.3) is 0 Å². The number of carbonyl (C=O) groups excluding carboxylic acids is 1. The molecule has 1 saturated heterocycles. The molecule has 7 heteroatoms. The van der Waals surface area contributed by atoms with Gasteiger partial charge in [-0.1, -0.05) is 36.4 Å². The molecule has 1 amide bonds. The summed E-state index contributed by atoms with van der Waals surface area (Å²) < 4.78 is 12.2. The molecule has 1 aliphatic heterocycles. The van der Waals surface area contributed by atoms with Gasteiger partial charge in [0, 0.05) is 6.42 Å². The number of rotatable bonds is 5. The van der Waals surface area contributed by atoms with E-state index in [2.05, 4.69) is 28.1 Å². The van der Waals surface area contributed by atoms with E-state index in [4.69, 9.17) is 9.47 Å². The molecule has 0 aromatic heterocycles. The molecule has 0 radical (unpaired) electrons. The normalized spacial score (nSPS) is 18.9. The van der Waals surface area contributed by atoms with Gasteiger partial charge in [0.05, 0.1) is 11.0 Å². The molecule has 6 nitrogen and oxygen atoms in total. The van der Waals surface area contributed by atoms with E-state index in [1.165, 1.54) is 10.5 Å². The molecule has 1 heterocycles. The number of hydrogen-bond donors (Lipinski definition) is 1. The predicted molar refractivity (Wildman–Crippen MR) is 117 cm³/mol. The van der Waals surface area contributed by atoms with Gasteiger partial charge in [0.15, 0.2) is 0 Å². The molecule has 1 aliphatic rings. The summed E-state index contributed by atoms with van der Waals surface area (Å²) in [5.74, 6) is -0.448. The number of carbonyl (C=O) groups is 2. The van der Waals surface area contributed by atoms with Crippen LogP contribution in [0.1, 0.15) is 38.3 Å². The maximum absolute atomic E-state index is 12.4. The molecule has 0 bridgehead atoms. The highest BCUT2D eigenvalue weighted by Crippen LogP contribution is 2.31. The van der Waals surface area contributed by atoms with Crippen molar-refractivity contribution >= 4 is 28.0 Å². The number of likely N-dealkylation sites (tertiary alicyclic amines) is 1. The minimum atomic E-state index is -1.07. The van der Waals surface area contributed by atoms with Crippen LogP contribution in [0.2, 0.25) is 0 Å². The molecule has 160 valence electrons. The highest BCUT2D eigenvalue weighted by molar-refractivity contribution is 9.10. The van der Waals surface area contributed by atoms with Crippen molar-refractivity contribution in [1.29, 1.82) is 0 Å². The van der Waals surface area contributed by atoms with Crippen LogP contribution in [-0.2, 0) is 16.0 Å². The van der Waals surface area contributed by atoms with E-state index in [-0.39, 0.29) is 13.0 Å². The number of nitrogens with zero attached hydrogens (tertiary/aromatic N) is 1. The number of carboxylic acids is 1. The minimum Gasteiger partial charge on any atom is -0.487 e. The third-order valence-corrected chi connectivity index (χ3v) is 5.34. The van der Waals surface area contributed by atoms with Crippen LogP contribution in [0.5, 0.6) is 5.75 Å². The van der Waals surface area contributed by atoms with Gasteiger partial charge < -0.3 is 14.6 Å². The molecule has 1 fully saturated rings. The SMILES string of the molecule is CC(C)(C)OC(=O)N1CC(Oc2ccc(Cc3ccccc3)cc2Br)CC1C(=O)O. The van der Waals surface area contributed by atoms with E-state index < -0.39 is 29.8 Å². The molecule has 3 rings (SSSR count). The number of ether oxygens (including phenoxy) is 2. The Morgan fingerprint density at radius 3 is 2.43 bits per heavy atom. The van der Waals surface area contributed by atoms with Gasteiger partial charge in [0.1, 0.15) is 23.5 Å². The van der Waals surface area contributed by atoms with Crippen molar-refractivity contribution in [1.82, 2.24) is 4.90 Å². The summed E-state index contributed by atoms with van der Waals surface area (Å²) in [6.45, 7) is 5.40. The number of aliphatic carboxylic acids is 1. The lowest BCUT2D eigenvalue weighted by molar-refractivity contribution is -0.142. The van der Waals surface area contributed by atoms with Gasteiger partial charge in [-0.05, 0) is 66.4 Å². The van der Waals surface area contributed by atoms with Crippen LogP contribution in [0.3, 0.4) is 0 Å². The van der Waals surface area contributed by atoms with E-state index in [0.29, 0.717) is 5.75 Å². The van der Waals surface area contributed by atoms with E-state index in [0.717, 1.165) is 16.5 Å². The Kier molecular flexibility index (Phi) is 6.71. The molecule has 2 atom stereocenters. The van der Waals surface area contributed by atoms with Crippen LogP contribution < -0.4 is 4.74 Å². The third-order valence-electron chi connectivity index (χ3n) is 4.72. The molecular formula is C23H26BrNO5. The first-order valence-corrected chi connectivity index (χ1v) is 10.6. The van der Waals surface area contributed by atoms with E-state index >= 15 is 0 Å². The van der Waals surface area contributed by atoms with Crippen molar-refractivity contribution in [2.45, 2.75) is 51.4 Å². The lowest BCUT2D eigenvalue weighted by Crippen LogP contribution is -2.43. The van der Waals surface area contributed by atoms with Crippen molar-refractivity contribution in [3.8, 4) is 5.75 Å². The van der Waals surface area contributed by atoms with Gasteiger partial charge in [-0.3, -0.25) is 4.90 Å². The van der Waals surface area contributed by atoms with Crippen LogP contribution in [-0.4, -0.2) is 46.4 Å². The van der Waals surface area contributed by atoms with Crippen molar-refractivity contribution < 1.29 is 24.2 Å². The summed E-state index contributed by atoms with van der Waals surface area (Å²) in [6.07, 6.45) is -0.0724. The van der Waals surface area contributed by atoms with Crippen LogP contribution in [0.15, 0.2) is 53.0 Å². The summed E-state index contributed by atoms with van der Waals surface area (Å²) in [5.41, 5.74) is 1.65. The van der Waals surface area contributed by atoms with E-state index in [1.807, 2.05) is 36.4 Å². The lowest BCUT2D eigenvalue weighted by atomic mass is 10.1. The third kappa shape index (κ3) is 5.75. The van der Waals surface area contributed by atoms with Gasteiger partial charge in [0.2, 0.25) is 0 Å². The maximum Gasteiger partial charge on any atom is 0.411 e. The van der Waals surface area contributed by atoms with Gasteiger partial charge in [-0.15, -0.1) is 0 Å². The van der Waals surface area contributed by atoms with Gasteiger partial charge >= 0.3 is 12.1 Å². The van der Waals surface area contributed by atoms with Crippen molar-refractivity contribution in [3.63, 3.8) is 0 Å². The first-order valence-electron chi connectivity index (χ1n) is 9.84. The summed E-state index contributed by atoms with van der Waals surface area (Å²) in [6, 6.07) is 15.1. The van der Waals surface area contributed by atoms with Crippen LogP contribution in [0, 0.1) is 0 Å². The van der Waals surface area contributed by atoms with Crippen molar-refractivity contribution in [3.05, 3.63) is 64.1 Å². The standard InChI is InChI=1S/C23H26BrNO5/c1-23(2,3)30-22(28)25-14-17(13-19(25)21(26)27)29-20-10-9-16(12-18(20)24)11-15-7-5-4-6-8-15/h4-10,12,17,19H,11,13-14H2,1-3H3,(H,26,27). The Labute approximate surface area is 184 Å². The van der Waals surface area contributed by atoms with Crippen LogP contribution in [0.4, 0.5) is 4.79 Å². The van der Waals surface area contributed by atoms with Crippen molar-refractivity contribution in [2.75, 3.05) is 6.54 Å².